The molecule has 180 valence electrons. The molecule has 0 bridgehead atoms. The fraction of sp³-hybridized carbons (Fsp3) is 0.276. The van der Waals surface area contributed by atoms with Crippen LogP contribution in [0.4, 0.5) is 5.69 Å². The van der Waals surface area contributed by atoms with E-state index in [1.165, 1.54) is 5.56 Å². The molecule has 0 aliphatic carbocycles. The zero-order chi connectivity index (χ0) is 24.6. The molecule has 0 saturated carbocycles. The molecule has 2 heterocycles. The van der Waals surface area contributed by atoms with E-state index in [1.54, 1.807) is 0 Å². The van der Waals surface area contributed by atoms with Gasteiger partial charge in [-0.05, 0) is 60.0 Å². The average Bonchev–Trinajstić information content (AvgIpc) is 3.27. The third-order valence-corrected chi connectivity index (χ3v) is 7.18. The largest absolute Gasteiger partial charge is 0.490 e. The van der Waals surface area contributed by atoms with E-state index in [1.807, 2.05) is 55.5 Å². The lowest BCUT2D eigenvalue weighted by atomic mass is 9.75. The van der Waals surface area contributed by atoms with Crippen molar-refractivity contribution in [3.05, 3.63) is 94.5 Å². The Labute approximate surface area is 211 Å². The van der Waals surface area contributed by atoms with Gasteiger partial charge < -0.3 is 19.7 Å². The van der Waals surface area contributed by atoms with Gasteiger partial charge in [-0.25, -0.2) is 0 Å². The number of carbonyl (C=O) groups excluding carboxylic acids is 1. The molecule has 1 amide bonds. The number of nitrogens with one attached hydrogen (secondary N) is 1. The molecule has 1 unspecified atom stereocenters. The summed E-state index contributed by atoms with van der Waals surface area (Å²) in [5.74, 6) is 1.37. The third-order valence-electron chi connectivity index (χ3n) is 6.95. The fourth-order valence-electron chi connectivity index (χ4n) is 5.16. The highest BCUT2D eigenvalue weighted by Crippen LogP contribution is 2.52. The molecule has 0 aromatic heterocycles. The number of carbonyl (C=O) groups is 1. The summed E-state index contributed by atoms with van der Waals surface area (Å²) in [5.41, 5.74) is 3.33. The quantitative estimate of drug-likeness (QED) is 0.446. The molecule has 1 saturated heterocycles. The van der Waals surface area contributed by atoms with Crippen LogP contribution in [0.5, 0.6) is 11.5 Å². The number of rotatable bonds is 7. The molecular formula is C29H29ClN2O3. The van der Waals surface area contributed by atoms with Crippen LogP contribution in [0.1, 0.15) is 37.5 Å². The molecule has 1 atom stereocenters. The lowest BCUT2D eigenvalue weighted by molar-refractivity contribution is -0.118. The van der Waals surface area contributed by atoms with Gasteiger partial charge in [-0.1, -0.05) is 67.9 Å². The SMILES string of the molecule is CCOc1cc(/C=C/C23NC(=O)CN2c2ccccc2C3(C)C)ccc1OCc1cccc(Cl)c1. The summed E-state index contributed by atoms with van der Waals surface area (Å²) < 4.78 is 11.9. The van der Waals surface area contributed by atoms with E-state index in [0.717, 1.165) is 16.8 Å². The number of halogens is 1. The van der Waals surface area contributed by atoms with Crippen molar-refractivity contribution in [3.8, 4) is 11.5 Å². The molecule has 35 heavy (non-hydrogen) atoms. The molecular weight excluding hydrogens is 460 g/mol. The monoisotopic (exact) mass is 488 g/mol. The minimum Gasteiger partial charge on any atom is -0.490 e. The minimum absolute atomic E-state index is 0.0250. The number of ether oxygens (including phenoxy) is 2. The number of fused-ring (bicyclic) bond motifs is 3. The van der Waals surface area contributed by atoms with Gasteiger partial charge in [0.1, 0.15) is 12.3 Å². The number of anilines is 1. The Morgan fingerprint density at radius 2 is 1.86 bits per heavy atom. The van der Waals surface area contributed by atoms with E-state index in [-0.39, 0.29) is 11.3 Å². The number of para-hydroxylation sites is 1. The van der Waals surface area contributed by atoms with Crippen molar-refractivity contribution in [3.63, 3.8) is 0 Å². The van der Waals surface area contributed by atoms with Crippen molar-refractivity contribution in [1.29, 1.82) is 0 Å². The van der Waals surface area contributed by atoms with Gasteiger partial charge in [0.2, 0.25) is 5.91 Å². The van der Waals surface area contributed by atoms with E-state index in [2.05, 4.69) is 54.4 Å². The zero-order valence-electron chi connectivity index (χ0n) is 20.2. The van der Waals surface area contributed by atoms with Crippen LogP contribution in [0.2, 0.25) is 5.02 Å². The number of hydrogen-bond acceptors (Lipinski definition) is 4. The predicted octanol–water partition coefficient (Wildman–Crippen LogP) is 5.95. The Hall–Kier alpha value is -3.44. The maximum atomic E-state index is 12.5. The summed E-state index contributed by atoms with van der Waals surface area (Å²) >= 11 is 6.10. The molecule has 5 nitrogen and oxygen atoms in total. The van der Waals surface area contributed by atoms with Gasteiger partial charge >= 0.3 is 0 Å². The summed E-state index contributed by atoms with van der Waals surface area (Å²) in [6.45, 7) is 7.57. The van der Waals surface area contributed by atoms with E-state index >= 15 is 0 Å². The average molecular weight is 489 g/mol. The van der Waals surface area contributed by atoms with E-state index < -0.39 is 5.66 Å². The van der Waals surface area contributed by atoms with Crippen molar-refractivity contribution >= 4 is 29.3 Å². The van der Waals surface area contributed by atoms with Crippen LogP contribution < -0.4 is 19.7 Å². The summed E-state index contributed by atoms with van der Waals surface area (Å²) in [6.07, 6.45) is 4.16. The zero-order valence-corrected chi connectivity index (χ0v) is 20.9. The second-order valence-electron chi connectivity index (χ2n) is 9.43. The number of benzene rings is 3. The summed E-state index contributed by atoms with van der Waals surface area (Å²) in [6, 6.07) is 21.8. The number of amides is 1. The first-order chi connectivity index (χ1) is 16.8. The van der Waals surface area contributed by atoms with Gasteiger partial charge in [0.05, 0.1) is 13.2 Å². The van der Waals surface area contributed by atoms with Gasteiger partial charge in [0.25, 0.3) is 0 Å². The standard InChI is InChI=1S/C29H29ClN2O3/c1-4-34-26-17-20(12-13-25(26)35-19-21-8-7-9-22(30)16-21)14-15-29-28(2,3)23-10-5-6-11-24(23)32(29)18-27(33)31-29/h5-17H,4,18-19H2,1-3H3,(H,31,33)/b15-14+. The Morgan fingerprint density at radius 3 is 2.66 bits per heavy atom. The topological polar surface area (TPSA) is 50.8 Å². The highest BCUT2D eigenvalue weighted by Gasteiger charge is 2.59. The molecule has 0 spiro atoms. The first-order valence-electron chi connectivity index (χ1n) is 11.9. The molecule has 1 N–H and O–H groups in total. The van der Waals surface area contributed by atoms with Crippen molar-refractivity contribution in [2.75, 3.05) is 18.1 Å². The second kappa shape index (κ2) is 8.97. The van der Waals surface area contributed by atoms with Crippen LogP contribution in [0.3, 0.4) is 0 Å². The lowest BCUT2D eigenvalue weighted by Gasteiger charge is -2.40. The molecule has 5 rings (SSSR count). The molecule has 6 heteroatoms. The van der Waals surface area contributed by atoms with Crippen LogP contribution in [-0.4, -0.2) is 24.7 Å². The smallest absolute Gasteiger partial charge is 0.241 e. The maximum Gasteiger partial charge on any atom is 0.241 e. The van der Waals surface area contributed by atoms with E-state index in [4.69, 9.17) is 21.1 Å². The first kappa shape index (κ1) is 23.3. The molecule has 2 aliphatic rings. The minimum atomic E-state index is -0.638. The molecule has 0 radical (unpaired) electrons. The third kappa shape index (κ3) is 4.04. The van der Waals surface area contributed by atoms with Gasteiger partial charge in [0, 0.05) is 16.1 Å². The summed E-state index contributed by atoms with van der Waals surface area (Å²) in [5, 5.41) is 3.95. The number of nitrogens with zero attached hydrogens (tertiary/aromatic N) is 1. The number of hydrogen-bond donors (Lipinski definition) is 1. The fourth-order valence-corrected chi connectivity index (χ4v) is 5.37. The molecule has 3 aromatic rings. The first-order valence-corrected chi connectivity index (χ1v) is 12.2. The van der Waals surface area contributed by atoms with Gasteiger partial charge in [-0.15, -0.1) is 0 Å². The van der Waals surface area contributed by atoms with Crippen molar-refractivity contribution in [2.45, 2.75) is 38.5 Å². The second-order valence-corrected chi connectivity index (χ2v) is 9.87. The van der Waals surface area contributed by atoms with E-state index in [9.17, 15) is 4.79 Å². The maximum absolute atomic E-state index is 12.5. The Bertz CT molecular complexity index is 1300. The Kier molecular flexibility index (Phi) is 5.97. The van der Waals surface area contributed by atoms with Crippen molar-refractivity contribution in [2.24, 2.45) is 0 Å². The van der Waals surface area contributed by atoms with Crippen molar-refractivity contribution < 1.29 is 14.3 Å². The van der Waals surface area contributed by atoms with Crippen LogP contribution in [-0.2, 0) is 16.8 Å². The van der Waals surface area contributed by atoms with Crippen LogP contribution in [0.25, 0.3) is 6.08 Å². The lowest BCUT2D eigenvalue weighted by Crippen LogP contribution is -2.58. The normalized spacial score (nSPS) is 20.0. The summed E-state index contributed by atoms with van der Waals surface area (Å²) in [4.78, 5) is 14.7. The molecule has 1 fully saturated rings. The highest BCUT2D eigenvalue weighted by molar-refractivity contribution is 6.30. The molecule has 2 aliphatic heterocycles. The predicted molar refractivity (Wildman–Crippen MR) is 140 cm³/mol. The highest BCUT2D eigenvalue weighted by atomic mass is 35.5. The van der Waals surface area contributed by atoms with Crippen molar-refractivity contribution in [1.82, 2.24) is 5.32 Å². The van der Waals surface area contributed by atoms with Crippen LogP contribution >= 0.6 is 11.6 Å². The Balaban J connectivity index is 1.43. The van der Waals surface area contributed by atoms with Crippen LogP contribution in [0.15, 0.2) is 72.8 Å². The molecule has 3 aromatic carbocycles. The van der Waals surface area contributed by atoms with Gasteiger partial charge in [-0.3, -0.25) is 4.79 Å². The Morgan fingerprint density at radius 1 is 1.03 bits per heavy atom. The summed E-state index contributed by atoms with van der Waals surface area (Å²) in [7, 11) is 0. The van der Waals surface area contributed by atoms with E-state index in [0.29, 0.717) is 36.3 Å². The van der Waals surface area contributed by atoms with Gasteiger partial charge in [0.15, 0.2) is 11.5 Å². The van der Waals surface area contributed by atoms with Crippen LogP contribution in [0, 0.1) is 0 Å². The van der Waals surface area contributed by atoms with Gasteiger partial charge in [-0.2, -0.15) is 0 Å².